The van der Waals surface area contributed by atoms with Crippen LogP contribution in [0.3, 0.4) is 0 Å². The van der Waals surface area contributed by atoms with Crippen LogP contribution in [0.2, 0.25) is 5.02 Å². The first-order chi connectivity index (χ1) is 17.3. The topological polar surface area (TPSA) is 91.0 Å². The maximum atomic E-state index is 13.1. The lowest BCUT2D eigenvalue weighted by molar-refractivity contribution is -0.131. The average Bonchev–Trinajstić information content (AvgIpc) is 3.29. The summed E-state index contributed by atoms with van der Waals surface area (Å²) >= 11 is 6.12. The summed E-state index contributed by atoms with van der Waals surface area (Å²) in [6, 6.07) is 16.7. The summed E-state index contributed by atoms with van der Waals surface area (Å²) in [4.78, 5) is 31.5. The van der Waals surface area contributed by atoms with Gasteiger partial charge in [0, 0.05) is 49.5 Å². The van der Waals surface area contributed by atoms with Crippen molar-refractivity contribution in [2.45, 2.75) is 52.7 Å². The molecule has 3 rings (SSSR count). The summed E-state index contributed by atoms with van der Waals surface area (Å²) in [5.41, 5.74) is 3.36. The van der Waals surface area contributed by atoms with Gasteiger partial charge in [-0.05, 0) is 41.3 Å². The van der Waals surface area contributed by atoms with Gasteiger partial charge in [0.05, 0.1) is 24.4 Å². The second kappa shape index (κ2) is 12.9. The summed E-state index contributed by atoms with van der Waals surface area (Å²) in [5.74, 6) is 0.00452. The van der Waals surface area contributed by atoms with E-state index in [2.05, 4.69) is 30.2 Å². The Hall–Kier alpha value is -3.63. The van der Waals surface area contributed by atoms with Crippen molar-refractivity contribution in [1.29, 1.82) is 5.26 Å². The molecule has 2 amide bonds. The number of nitrogens with zero attached hydrogens (tertiary/aromatic N) is 4. The summed E-state index contributed by atoms with van der Waals surface area (Å²) in [6.45, 7) is 7.09. The number of nitriles is 1. The van der Waals surface area contributed by atoms with Crippen LogP contribution < -0.4 is 5.32 Å². The van der Waals surface area contributed by atoms with Gasteiger partial charge in [0.15, 0.2) is 0 Å². The molecule has 0 spiro atoms. The van der Waals surface area contributed by atoms with Crippen LogP contribution >= 0.6 is 11.6 Å². The van der Waals surface area contributed by atoms with E-state index in [1.54, 1.807) is 42.5 Å². The molecule has 0 aliphatic rings. The molecule has 1 aromatic heterocycles. The number of hydrogen-bond acceptors (Lipinski definition) is 4. The molecule has 1 N–H and O–H groups in total. The van der Waals surface area contributed by atoms with Crippen molar-refractivity contribution in [3.8, 4) is 6.07 Å². The van der Waals surface area contributed by atoms with Crippen LogP contribution in [0.1, 0.15) is 49.6 Å². The van der Waals surface area contributed by atoms with Crippen molar-refractivity contribution in [2.24, 2.45) is 5.92 Å². The lowest BCUT2D eigenvalue weighted by atomic mass is 9.98. The highest BCUT2D eigenvalue weighted by molar-refractivity contribution is 6.30. The smallest absolute Gasteiger partial charge is 0.226 e. The van der Waals surface area contributed by atoms with Crippen LogP contribution in [-0.4, -0.2) is 38.9 Å². The minimum atomic E-state index is -0.194. The normalized spacial score (nSPS) is 12.4. The highest BCUT2D eigenvalue weighted by Crippen LogP contribution is 2.16. The van der Waals surface area contributed by atoms with Crippen LogP contribution in [0.25, 0.3) is 0 Å². The second-order valence-electron chi connectivity index (χ2n) is 9.09. The molecule has 1 heterocycles. The SMILES string of the molecule is CC[C@H](C)[C@@H](CN(Cc1cccc(Cl)c1)C(C)=O)NC(=O)Cc1cncn1Cc1ccc(C#N)cc1. The molecule has 0 unspecified atom stereocenters. The number of benzene rings is 2. The van der Waals surface area contributed by atoms with Gasteiger partial charge in [-0.3, -0.25) is 9.59 Å². The summed E-state index contributed by atoms with van der Waals surface area (Å²) < 4.78 is 1.93. The molecule has 8 heteroatoms. The summed E-state index contributed by atoms with van der Waals surface area (Å²) in [5, 5.41) is 12.8. The Labute approximate surface area is 217 Å². The second-order valence-corrected chi connectivity index (χ2v) is 9.52. The van der Waals surface area contributed by atoms with Crippen molar-refractivity contribution < 1.29 is 9.59 Å². The van der Waals surface area contributed by atoms with Gasteiger partial charge in [-0.25, -0.2) is 4.98 Å². The van der Waals surface area contributed by atoms with Gasteiger partial charge >= 0.3 is 0 Å². The van der Waals surface area contributed by atoms with Crippen LogP contribution in [-0.2, 0) is 29.1 Å². The van der Waals surface area contributed by atoms with E-state index in [9.17, 15) is 9.59 Å². The lowest BCUT2D eigenvalue weighted by Gasteiger charge is -2.31. The van der Waals surface area contributed by atoms with Crippen molar-refractivity contribution in [2.75, 3.05) is 6.54 Å². The largest absolute Gasteiger partial charge is 0.351 e. The van der Waals surface area contributed by atoms with Crippen LogP contribution in [0.5, 0.6) is 0 Å². The number of carbonyl (C=O) groups is 2. The van der Waals surface area contributed by atoms with Gasteiger partial charge in [0.25, 0.3) is 0 Å². The molecule has 0 fully saturated rings. The van der Waals surface area contributed by atoms with Crippen molar-refractivity contribution in [3.05, 3.63) is 88.5 Å². The maximum absolute atomic E-state index is 13.1. The quantitative estimate of drug-likeness (QED) is 0.413. The zero-order valence-corrected chi connectivity index (χ0v) is 21.7. The first-order valence-electron chi connectivity index (χ1n) is 12.1. The van der Waals surface area contributed by atoms with Gasteiger partial charge in [0.1, 0.15) is 0 Å². The first kappa shape index (κ1) is 27.0. The van der Waals surface area contributed by atoms with Gasteiger partial charge < -0.3 is 14.8 Å². The fourth-order valence-corrected chi connectivity index (χ4v) is 4.20. The van der Waals surface area contributed by atoms with E-state index in [-0.39, 0.29) is 30.2 Å². The Morgan fingerprint density at radius 1 is 1.19 bits per heavy atom. The predicted octanol–water partition coefficient (Wildman–Crippen LogP) is 4.58. The third-order valence-corrected chi connectivity index (χ3v) is 6.61. The molecule has 0 saturated carbocycles. The molecule has 0 bridgehead atoms. The van der Waals surface area contributed by atoms with E-state index in [1.165, 1.54) is 0 Å². The average molecular weight is 506 g/mol. The van der Waals surface area contributed by atoms with Crippen molar-refractivity contribution in [3.63, 3.8) is 0 Å². The number of nitrogens with one attached hydrogen (secondary N) is 1. The Morgan fingerprint density at radius 3 is 2.58 bits per heavy atom. The highest BCUT2D eigenvalue weighted by atomic mass is 35.5. The molecule has 0 aliphatic heterocycles. The Balaban J connectivity index is 1.67. The van der Waals surface area contributed by atoms with E-state index in [4.69, 9.17) is 16.9 Å². The Kier molecular flexibility index (Phi) is 9.66. The first-order valence-corrected chi connectivity index (χ1v) is 12.4. The molecule has 0 radical (unpaired) electrons. The van der Waals surface area contributed by atoms with E-state index < -0.39 is 0 Å². The Morgan fingerprint density at radius 2 is 1.94 bits per heavy atom. The number of rotatable bonds is 11. The summed E-state index contributed by atoms with van der Waals surface area (Å²) in [6.07, 6.45) is 4.44. The molecule has 0 saturated heterocycles. The van der Waals surface area contributed by atoms with Crippen molar-refractivity contribution >= 4 is 23.4 Å². The van der Waals surface area contributed by atoms with Gasteiger partial charge in [-0.2, -0.15) is 5.26 Å². The lowest BCUT2D eigenvalue weighted by Crippen LogP contribution is -2.48. The van der Waals surface area contributed by atoms with E-state index in [0.717, 1.165) is 23.2 Å². The molecule has 0 aliphatic carbocycles. The predicted molar refractivity (Wildman–Crippen MR) is 140 cm³/mol. The molecule has 2 atom stereocenters. The fraction of sp³-hybridized carbons (Fsp3) is 0.357. The minimum Gasteiger partial charge on any atom is -0.351 e. The zero-order valence-electron chi connectivity index (χ0n) is 20.9. The van der Waals surface area contributed by atoms with Crippen LogP contribution in [0.4, 0.5) is 0 Å². The monoisotopic (exact) mass is 505 g/mol. The molecular weight excluding hydrogens is 474 g/mol. The molecule has 36 heavy (non-hydrogen) atoms. The number of halogens is 1. The van der Waals surface area contributed by atoms with Gasteiger partial charge in [-0.15, -0.1) is 0 Å². The molecule has 2 aromatic carbocycles. The maximum Gasteiger partial charge on any atom is 0.226 e. The van der Waals surface area contributed by atoms with Gasteiger partial charge in [0.2, 0.25) is 11.8 Å². The molecule has 7 nitrogen and oxygen atoms in total. The third kappa shape index (κ3) is 7.69. The number of aromatic nitrogens is 2. The Bertz CT molecular complexity index is 1220. The van der Waals surface area contributed by atoms with E-state index in [1.807, 2.05) is 34.9 Å². The number of imidazole rings is 1. The fourth-order valence-electron chi connectivity index (χ4n) is 3.99. The minimum absolute atomic E-state index is 0.0574. The molecule has 3 aromatic rings. The van der Waals surface area contributed by atoms with Crippen LogP contribution in [0.15, 0.2) is 61.1 Å². The summed E-state index contributed by atoms with van der Waals surface area (Å²) in [7, 11) is 0. The highest BCUT2D eigenvalue weighted by Gasteiger charge is 2.23. The zero-order chi connectivity index (χ0) is 26.1. The van der Waals surface area contributed by atoms with E-state index >= 15 is 0 Å². The number of carbonyl (C=O) groups excluding carboxylic acids is 2. The third-order valence-electron chi connectivity index (χ3n) is 6.38. The number of amides is 2. The van der Waals surface area contributed by atoms with Crippen molar-refractivity contribution in [1.82, 2.24) is 19.8 Å². The number of hydrogen-bond donors (Lipinski definition) is 1. The molecule has 188 valence electrons. The molecular formula is C28H32ClN5O2. The standard InChI is InChI=1S/C28H32ClN5O2/c1-4-20(2)27(18-33(21(3)35)17-24-6-5-7-25(29)12-24)32-28(36)13-26-15-31-19-34(26)16-23-10-8-22(14-30)9-11-23/h5-12,15,19-20,27H,4,13,16-18H2,1-3H3,(H,32,36)/t20-,27+/m0/s1. The van der Waals surface area contributed by atoms with Crippen LogP contribution in [0, 0.1) is 17.2 Å². The van der Waals surface area contributed by atoms with Gasteiger partial charge in [-0.1, -0.05) is 56.1 Å². The van der Waals surface area contributed by atoms with E-state index in [0.29, 0.717) is 30.2 Å².